The Morgan fingerprint density at radius 3 is 1.45 bits per heavy atom. The normalized spacial score (nSPS) is 14.9. The molecular formula is C46H33N. The molecule has 10 rings (SSSR count). The van der Waals surface area contributed by atoms with Gasteiger partial charge in [0.2, 0.25) is 0 Å². The van der Waals surface area contributed by atoms with Crippen LogP contribution in [0.1, 0.15) is 47.2 Å². The van der Waals surface area contributed by atoms with Crippen molar-refractivity contribution in [1.29, 1.82) is 0 Å². The highest BCUT2D eigenvalue weighted by atomic mass is 15.1. The van der Waals surface area contributed by atoms with Gasteiger partial charge in [-0.1, -0.05) is 147 Å². The maximum Gasteiger partial charge on any atom is 0.0725 e. The van der Waals surface area contributed by atoms with E-state index in [0.717, 1.165) is 5.69 Å². The second kappa shape index (κ2) is 9.44. The molecule has 0 saturated heterocycles. The largest absolute Gasteiger partial charge is 0.310 e. The maximum atomic E-state index is 2.48. The lowest BCUT2D eigenvalue weighted by Gasteiger charge is -2.33. The first kappa shape index (κ1) is 26.5. The summed E-state index contributed by atoms with van der Waals surface area (Å²) in [5.41, 5.74) is 19.3. The van der Waals surface area contributed by atoms with Gasteiger partial charge in [-0.2, -0.15) is 0 Å². The minimum Gasteiger partial charge on any atom is -0.310 e. The quantitative estimate of drug-likeness (QED) is 0.195. The Kier molecular flexibility index (Phi) is 5.33. The van der Waals surface area contributed by atoms with Gasteiger partial charge < -0.3 is 4.90 Å². The summed E-state index contributed by atoms with van der Waals surface area (Å²) >= 11 is 0. The second-order valence-electron chi connectivity index (χ2n) is 13.7. The van der Waals surface area contributed by atoms with Gasteiger partial charge in [-0.15, -0.1) is 0 Å². The summed E-state index contributed by atoms with van der Waals surface area (Å²) in [6.45, 7) is 4.75. The highest BCUT2D eigenvalue weighted by Gasteiger charge is 2.51. The van der Waals surface area contributed by atoms with E-state index in [1.807, 2.05) is 0 Å². The Labute approximate surface area is 276 Å². The average Bonchev–Trinajstić information content (AvgIpc) is 3.68. The molecule has 0 aromatic heterocycles. The summed E-state index contributed by atoms with van der Waals surface area (Å²) in [6.07, 6.45) is 0. The number of rotatable bonds is 3. The first-order valence-electron chi connectivity index (χ1n) is 16.6. The standard InChI is InChI=1S/C46H33N/c1-45(2)38-22-10-6-19-34(38)36-21-14-26-43(44(36)45)47(30-15-4-3-5-16-30)31-27-28-42-37(29-31)35-20-9-13-25-41(35)46(42)39-23-11-7-17-32(39)33-18-8-12-24-40(33)46/h3-29H,1-2H3. The van der Waals surface area contributed by atoms with E-state index < -0.39 is 0 Å². The van der Waals surface area contributed by atoms with Crippen molar-refractivity contribution in [3.63, 3.8) is 0 Å². The smallest absolute Gasteiger partial charge is 0.0725 e. The average molecular weight is 600 g/mol. The third-order valence-corrected chi connectivity index (χ3v) is 11.1. The van der Waals surface area contributed by atoms with E-state index in [1.54, 1.807) is 0 Å². The Morgan fingerprint density at radius 1 is 0.362 bits per heavy atom. The summed E-state index contributed by atoms with van der Waals surface area (Å²) in [5.74, 6) is 0. The molecule has 1 heteroatoms. The maximum absolute atomic E-state index is 2.48. The number of nitrogens with zero attached hydrogens (tertiary/aromatic N) is 1. The number of hydrogen-bond donors (Lipinski definition) is 0. The Morgan fingerprint density at radius 2 is 0.830 bits per heavy atom. The first-order valence-corrected chi connectivity index (χ1v) is 16.6. The summed E-state index contributed by atoms with van der Waals surface area (Å²) in [7, 11) is 0. The van der Waals surface area contributed by atoms with Crippen LogP contribution in [0.2, 0.25) is 0 Å². The number of anilines is 3. The molecule has 7 aromatic rings. The molecule has 0 aliphatic heterocycles. The number of hydrogen-bond acceptors (Lipinski definition) is 1. The number of para-hydroxylation sites is 1. The van der Waals surface area contributed by atoms with Gasteiger partial charge in [-0.25, -0.2) is 0 Å². The molecule has 1 nitrogen and oxygen atoms in total. The molecule has 1 spiro atoms. The van der Waals surface area contributed by atoms with E-state index in [0.29, 0.717) is 0 Å². The van der Waals surface area contributed by atoms with Crippen molar-refractivity contribution in [3.05, 3.63) is 197 Å². The molecule has 0 fully saturated rings. The zero-order chi connectivity index (χ0) is 31.3. The van der Waals surface area contributed by atoms with E-state index in [-0.39, 0.29) is 10.8 Å². The van der Waals surface area contributed by atoms with Crippen LogP contribution in [-0.2, 0) is 10.8 Å². The number of fused-ring (bicyclic) bond motifs is 13. The van der Waals surface area contributed by atoms with Gasteiger partial charge in [-0.05, 0) is 97.1 Å². The van der Waals surface area contributed by atoms with Gasteiger partial charge in [0.05, 0.1) is 11.1 Å². The van der Waals surface area contributed by atoms with Crippen LogP contribution in [0, 0.1) is 0 Å². The van der Waals surface area contributed by atoms with Gasteiger partial charge in [0.1, 0.15) is 0 Å². The predicted octanol–water partition coefficient (Wildman–Crippen LogP) is 11.8. The molecule has 3 aliphatic rings. The molecule has 0 saturated carbocycles. The lowest BCUT2D eigenvalue weighted by Crippen LogP contribution is -2.26. The molecule has 0 radical (unpaired) electrons. The molecule has 3 aliphatic carbocycles. The molecule has 0 bridgehead atoms. The molecule has 0 N–H and O–H groups in total. The second-order valence-corrected chi connectivity index (χ2v) is 13.7. The van der Waals surface area contributed by atoms with Crippen molar-refractivity contribution in [2.75, 3.05) is 4.90 Å². The van der Waals surface area contributed by atoms with Crippen molar-refractivity contribution in [1.82, 2.24) is 0 Å². The molecule has 0 unspecified atom stereocenters. The summed E-state index contributed by atoms with van der Waals surface area (Å²) in [4.78, 5) is 2.48. The fourth-order valence-corrected chi connectivity index (χ4v) is 9.24. The van der Waals surface area contributed by atoms with Crippen LogP contribution in [0.5, 0.6) is 0 Å². The summed E-state index contributed by atoms with van der Waals surface area (Å²) < 4.78 is 0. The monoisotopic (exact) mass is 599 g/mol. The van der Waals surface area contributed by atoms with Gasteiger partial charge >= 0.3 is 0 Å². The molecule has 0 heterocycles. The minimum absolute atomic E-state index is 0.139. The molecule has 0 atom stereocenters. The van der Waals surface area contributed by atoms with Gasteiger partial charge in [0, 0.05) is 16.8 Å². The minimum atomic E-state index is -0.340. The van der Waals surface area contributed by atoms with Crippen LogP contribution in [-0.4, -0.2) is 0 Å². The molecule has 7 aromatic carbocycles. The molecule has 222 valence electrons. The SMILES string of the molecule is CC1(C)c2ccccc2-c2cccc(N(c3ccccc3)c3ccc4c(c3)-c3ccccc3C43c4ccccc4-c4ccccc43)c21. The van der Waals surface area contributed by atoms with E-state index in [2.05, 4.69) is 183 Å². The zero-order valence-corrected chi connectivity index (χ0v) is 26.5. The topological polar surface area (TPSA) is 3.24 Å². The molecular weight excluding hydrogens is 567 g/mol. The predicted molar refractivity (Wildman–Crippen MR) is 195 cm³/mol. The lowest BCUT2D eigenvalue weighted by molar-refractivity contribution is 0.661. The van der Waals surface area contributed by atoms with E-state index in [4.69, 9.17) is 0 Å². The summed E-state index contributed by atoms with van der Waals surface area (Å²) in [5, 5.41) is 0. The van der Waals surface area contributed by atoms with E-state index in [9.17, 15) is 0 Å². The van der Waals surface area contributed by atoms with Crippen LogP contribution < -0.4 is 4.90 Å². The number of benzene rings is 7. The van der Waals surface area contributed by atoms with Crippen LogP contribution in [0.25, 0.3) is 33.4 Å². The summed E-state index contributed by atoms with van der Waals surface area (Å²) in [6, 6.07) is 61.0. The van der Waals surface area contributed by atoms with Gasteiger partial charge in [0.25, 0.3) is 0 Å². The van der Waals surface area contributed by atoms with E-state index in [1.165, 1.54) is 78.1 Å². The van der Waals surface area contributed by atoms with Gasteiger partial charge in [0.15, 0.2) is 0 Å². The zero-order valence-electron chi connectivity index (χ0n) is 26.5. The van der Waals surface area contributed by atoms with Crippen molar-refractivity contribution >= 4 is 17.1 Å². The third-order valence-electron chi connectivity index (χ3n) is 11.1. The highest BCUT2D eigenvalue weighted by molar-refractivity contribution is 5.97. The fourth-order valence-electron chi connectivity index (χ4n) is 9.24. The molecule has 0 amide bonds. The van der Waals surface area contributed by atoms with Crippen molar-refractivity contribution < 1.29 is 0 Å². The van der Waals surface area contributed by atoms with Crippen LogP contribution >= 0.6 is 0 Å². The fraction of sp³-hybridized carbons (Fsp3) is 0.0870. The third kappa shape index (κ3) is 3.34. The van der Waals surface area contributed by atoms with Crippen LogP contribution in [0.4, 0.5) is 17.1 Å². The highest BCUT2D eigenvalue weighted by Crippen LogP contribution is 2.63. The van der Waals surface area contributed by atoms with Crippen molar-refractivity contribution in [3.8, 4) is 33.4 Å². The van der Waals surface area contributed by atoms with Crippen molar-refractivity contribution in [2.45, 2.75) is 24.7 Å². The van der Waals surface area contributed by atoms with E-state index >= 15 is 0 Å². The first-order chi connectivity index (χ1) is 23.1. The lowest BCUT2D eigenvalue weighted by atomic mass is 9.70. The van der Waals surface area contributed by atoms with Crippen molar-refractivity contribution in [2.24, 2.45) is 0 Å². The Balaban J connectivity index is 1.25. The van der Waals surface area contributed by atoms with Gasteiger partial charge in [-0.3, -0.25) is 0 Å². The Hall–Kier alpha value is -5.66. The van der Waals surface area contributed by atoms with Crippen LogP contribution in [0.3, 0.4) is 0 Å². The molecule has 47 heavy (non-hydrogen) atoms. The Bertz CT molecular complexity index is 2350. The van der Waals surface area contributed by atoms with Crippen LogP contribution in [0.15, 0.2) is 164 Å².